The first-order chi connectivity index (χ1) is 9.72. The Morgan fingerprint density at radius 2 is 1.80 bits per heavy atom. The second-order valence-corrected chi connectivity index (χ2v) is 4.88. The molecular formula is C16H22N4. The molecule has 0 radical (unpaired) electrons. The Kier molecular flexibility index (Phi) is 4.93. The molecule has 4 nitrogen and oxygen atoms in total. The van der Waals surface area contributed by atoms with Gasteiger partial charge in [-0.2, -0.15) is 4.98 Å². The lowest BCUT2D eigenvalue weighted by Gasteiger charge is -2.21. The van der Waals surface area contributed by atoms with E-state index in [4.69, 9.17) is 0 Å². The lowest BCUT2D eigenvalue weighted by molar-refractivity contribution is 0.749. The number of hydrogen-bond donors (Lipinski definition) is 0. The Bertz CT molecular complexity index is 527. The van der Waals surface area contributed by atoms with Crippen molar-refractivity contribution in [2.75, 3.05) is 30.4 Å². The van der Waals surface area contributed by atoms with Crippen molar-refractivity contribution in [1.82, 2.24) is 9.97 Å². The van der Waals surface area contributed by atoms with Crippen LogP contribution in [0.1, 0.15) is 19.8 Å². The zero-order chi connectivity index (χ0) is 14.4. The molecule has 20 heavy (non-hydrogen) atoms. The van der Waals surface area contributed by atoms with Gasteiger partial charge in [0.25, 0.3) is 0 Å². The van der Waals surface area contributed by atoms with Gasteiger partial charge in [-0.05, 0) is 24.6 Å². The minimum Gasteiger partial charge on any atom is -0.344 e. The maximum absolute atomic E-state index is 4.64. The molecule has 0 aliphatic carbocycles. The van der Waals surface area contributed by atoms with Crippen LogP contribution in [0.5, 0.6) is 0 Å². The first kappa shape index (κ1) is 14.3. The third-order valence-electron chi connectivity index (χ3n) is 3.30. The van der Waals surface area contributed by atoms with Crippen molar-refractivity contribution < 1.29 is 0 Å². The molecule has 2 aromatic rings. The monoisotopic (exact) mass is 270 g/mol. The number of rotatable bonds is 6. The summed E-state index contributed by atoms with van der Waals surface area (Å²) in [7, 11) is 4.06. The largest absolute Gasteiger partial charge is 0.344 e. The van der Waals surface area contributed by atoms with Crippen molar-refractivity contribution in [3.8, 4) is 0 Å². The lowest BCUT2D eigenvalue weighted by atomic mass is 10.3. The maximum Gasteiger partial charge on any atom is 0.227 e. The summed E-state index contributed by atoms with van der Waals surface area (Å²) in [5, 5.41) is 0. The molecule has 4 heteroatoms. The molecule has 0 aliphatic rings. The molecule has 2 rings (SSSR count). The quantitative estimate of drug-likeness (QED) is 0.804. The fourth-order valence-corrected chi connectivity index (χ4v) is 1.99. The van der Waals surface area contributed by atoms with Gasteiger partial charge in [0.1, 0.15) is 5.82 Å². The molecule has 0 saturated heterocycles. The highest BCUT2D eigenvalue weighted by Crippen LogP contribution is 2.22. The first-order valence-corrected chi connectivity index (χ1v) is 7.05. The normalized spacial score (nSPS) is 10.3. The van der Waals surface area contributed by atoms with Crippen LogP contribution in [0.2, 0.25) is 0 Å². The molecule has 0 saturated carbocycles. The second-order valence-electron chi connectivity index (χ2n) is 4.88. The van der Waals surface area contributed by atoms with Crippen LogP contribution >= 0.6 is 0 Å². The summed E-state index contributed by atoms with van der Waals surface area (Å²) in [5.41, 5.74) is 1.12. The average Bonchev–Trinajstić information content (AvgIpc) is 2.52. The molecule has 1 aromatic heterocycles. The van der Waals surface area contributed by atoms with Crippen LogP contribution in [-0.4, -0.2) is 30.6 Å². The third kappa shape index (κ3) is 3.47. The van der Waals surface area contributed by atoms with Gasteiger partial charge in [-0.15, -0.1) is 0 Å². The number of nitrogens with zero attached hydrogens (tertiary/aromatic N) is 4. The minimum atomic E-state index is 0.777. The van der Waals surface area contributed by atoms with E-state index in [2.05, 4.69) is 38.8 Å². The summed E-state index contributed by atoms with van der Waals surface area (Å²) in [6.45, 7) is 3.17. The molecule has 1 aromatic carbocycles. The van der Waals surface area contributed by atoms with Crippen LogP contribution in [0.4, 0.5) is 17.5 Å². The van der Waals surface area contributed by atoms with Gasteiger partial charge in [-0.25, -0.2) is 4.98 Å². The predicted molar refractivity (Wildman–Crippen MR) is 84.7 cm³/mol. The SMILES string of the molecule is CCCCN(C)c1nccc(N(C)c2ccccc2)n1. The topological polar surface area (TPSA) is 32.3 Å². The van der Waals surface area contributed by atoms with Crippen molar-refractivity contribution in [3.63, 3.8) is 0 Å². The van der Waals surface area contributed by atoms with Gasteiger partial charge in [0, 0.05) is 32.5 Å². The molecule has 0 spiro atoms. The van der Waals surface area contributed by atoms with Crippen LogP contribution in [0.25, 0.3) is 0 Å². The fourth-order valence-electron chi connectivity index (χ4n) is 1.99. The van der Waals surface area contributed by atoms with Crippen molar-refractivity contribution >= 4 is 17.5 Å². The summed E-state index contributed by atoms with van der Waals surface area (Å²) >= 11 is 0. The molecule has 1 heterocycles. The Balaban J connectivity index is 2.17. The van der Waals surface area contributed by atoms with Crippen molar-refractivity contribution in [1.29, 1.82) is 0 Å². The van der Waals surface area contributed by atoms with E-state index in [0.29, 0.717) is 0 Å². The molecule has 0 bridgehead atoms. The van der Waals surface area contributed by atoms with Crippen LogP contribution < -0.4 is 9.80 Å². The van der Waals surface area contributed by atoms with E-state index < -0.39 is 0 Å². The molecule has 0 fully saturated rings. The van der Waals surface area contributed by atoms with E-state index in [9.17, 15) is 0 Å². The van der Waals surface area contributed by atoms with Gasteiger partial charge in [-0.3, -0.25) is 0 Å². The number of anilines is 3. The maximum atomic E-state index is 4.64. The van der Waals surface area contributed by atoms with Gasteiger partial charge in [0.2, 0.25) is 5.95 Å². The Hall–Kier alpha value is -2.10. The number of benzene rings is 1. The molecule has 0 unspecified atom stereocenters. The standard InChI is InChI=1S/C16H22N4/c1-4-5-13-19(2)16-17-12-11-15(18-16)20(3)14-9-7-6-8-10-14/h6-12H,4-5,13H2,1-3H3. The first-order valence-electron chi connectivity index (χ1n) is 7.05. The van der Waals surface area contributed by atoms with Gasteiger partial charge >= 0.3 is 0 Å². The Morgan fingerprint density at radius 3 is 2.50 bits per heavy atom. The van der Waals surface area contributed by atoms with Crippen molar-refractivity contribution in [2.24, 2.45) is 0 Å². The van der Waals surface area contributed by atoms with Gasteiger partial charge in [0.05, 0.1) is 0 Å². The number of aromatic nitrogens is 2. The highest BCUT2D eigenvalue weighted by Gasteiger charge is 2.09. The van der Waals surface area contributed by atoms with Gasteiger partial charge in [-0.1, -0.05) is 31.5 Å². The molecular weight excluding hydrogens is 248 g/mol. The smallest absolute Gasteiger partial charge is 0.227 e. The molecule has 106 valence electrons. The summed E-state index contributed by atoms with van der Waals surface area (Å²) in [4.78, 5) is 13.2. The molecule has 0 aliphatic heterocycles. The summed E-state index contributed by atoms with van der Waals surface area (Å²) in [6.07, 6.45) is 4.14. The van der Waals surface area contributed by atoms with E-state index in [1.807, 2.05) is 44.6 Å². The third-order valence-corrected chi connectivity index (χ3v) is 3.30. The molecule has 0 amide bonds. The van der Waals surface area contributed by atoms with Crippen molar-refractivity contribution in [3.05, 3.63) is 42.6 Å². The van der Waals surface area contributed by atoms with Crippen LogP contribution in [-0.2, 0) is 0 Å². The zero-order valence-electron chi connectivity index (χ0n) is 12.5. The van der Waals surface area contributed by atoms with E-state index in [-0.39, 0.29) is 0 Å². The summed E-state index contributed by atoms with van der Waals surface area (Å²) < 4.78 is 0. The Labute approximate surface area is 121 Å². The Morgan fingerprint density at radius 1 is 1.05 bits per heavy atom. The van der Waals surface area contributed by atoms with Gasteiger partial charge in [0.15, 0.2) is 0 Å². The van der Waals surface area contributed by atoms with E-state index in [1.165, 1.54) is 6.42 Å². The second kappa shape index (κ2) is 6.89. The van der Waals surface area contributed by atoms with E-state index >= 15 is 0 Å². The van der Waals surface area contributed by atoms with Crippen LogP contribution in [0, 0.1) is 0 Å². The predicted octanol–water partition coefficient (Wildman–Crippen LogP) is 3.48. The minimum absolute atomic E-state index is 0.777. The highest BCUT2D eigenvalue weighted by molar-refractivity contribution is 5.59. The average molecular weight is 270 g/mol. The number of para-hydroxylation sites is 1. The lowest BCUT2D eigenvalue weighted by Crippen LogP contribution is -2.22. The number of hydrogen-bond acceptors (Lipinski definition) is 4. The zero-order valence-corrected chi connectivity index (χ0v) is 12.5. The van der Waals surface area contributed by atoms with E-state index in [0.717, 1.165) is 30.4 Å². The highest BCUT2D eigenvalue weighted by atomic mass is 15.3. The van der Waals surface area contributed by atoms with Crippen LogP contribution in [0.3, 0.4) is 0 Å². The fraction of sp³-hybridized carbons (Fsp3) is 0.375. The van der Waals surface area contributed by atoms with Crippen LogP contribution in [0.15, 0.2) is 42.6 Å². The molecule has 0 atom stereocenters. The summed E-state index contributed by atoms with van der Waals surface area (Å²) in [5.74, 6) is 1.68. The number of unbranched alkanes of at least 4 members (excludes halogenated alkanes) is 1. The van der Waals surface area contributed by atoms with Gasteiger partial charge < -0.3 is 9.80 Å². The molecule has 0 N–H and O–H groups in total. The summed E-state index contributed by atoms with van der Waals surface area (Å²) in [6, 6.07) is 12.2. The van der Waals surface area contributed by atoms with Crippen molar-refractivity contribution in [2.45, 2.75) is 19.8 Å². The van der Waals surface area contributed by atoms with E-state index in [1.54, 1.807) is 0 Å².